The fraction of sp³-hybridized carbons (Fsp3) is 0.500. The zero-order chi connectivity index (χ0) is 30.7. The molecule has 3 rings (SSSR count). The Kier molecular flexibility index (Phi) is 9.88. The molecule has 0 saturated heterocycles. The second kappa shape index (κ2) is 12.6. The summed E-state index contributed by atoms with van der Waals surface area (Å²) in [4.78, 5) is 36.1. The third-order valence-electron chi connectivity index (χ3n) is 5.95. The monoisotopic (exact) mass is 611 g/mol. The highest BCUT2D eigenvalue weighted by Crippen LogP contribution is 2.42. The van der Waals surface area contributed by atoms with Crippen molar-refractivity contribution in [1.82, 2.24) is 9.88 Å². The molecule has 0 saturated carbocycles. The maximum Gasteiger partial charge on any atom is 0.533 e. The third kappa shape index (κ3) is 8.08. The van der Waals surface area contributed by atoms with Crippen LogP contribution >= 0.6 is 11.6 Å². The average molecular weight is 612 g/mol. The Balaban J connectivity index is 2.12. The van der Waals surface area contributed by atoms with Gasteiger partial charge in [-0.25, -0.2) is 14.8 Å². The van der Waals surface area contributed by atoms with E-state index >= 15 is 0 Å². The summed E-state index contributed by atoms with van der Waals surface area (Å²) in [6, 6.07) is 1.59. The third-order valence-corrected chi connectivity index (χ3v) is 6.22. The molecule has 226 valence electrons. The van der Waals surface area contributed by atoms with Gasteiger partial charge >= 0.3 is 18.5 Å². The maximum absolute atomic E-state index is 13.5. The number of aromatic nitrogens is 1. The Bertz CT molecular complexity index is 1240. The summed E-state index contributed by atoms with van der Waals surface area (Å²) in [7, 11) is 0. The smallest absolute Gasteiger partial charge is 0.477 e. The number of hydrogen-bond acceptors (Lipinski definition) is 7. The predicted molar refractivity (Wildman–Crippen MR) is 135 cm³/mol. The van der Waals surface area contributed by atoms with Crippen molar-refractivity contribution >= 4 is 29.4 Å². The lowest BCUT2D eigenvalue weighted by Crippen LogP contribution is -2.34. The number of anilines is 1. The van der Waals surface area contributed by atoms with Crippen LogP contribution < -0.4 is 9.80 Å². The molecule has 1 atom stereocenters. The summed E-state index contributed by atoms with van der Waals surface area (Å²) in [6.45, 7) is 5.69. The van der Waals surface area contributed by atoms with Crippen LogP contribution in [0.3, 0.4) is 0 Å². The Labute approximate surface area is 237 Å². The van der Waals surface area contributed by atoms with Crippen molar-refractivity contribution in [3.63, 3.8) is 0 Å². The van der Waals surface area contributed by atoms with Gasteiger partial charge in [-0.3, -0.25) is 4.79 Å². The van der Waals surface area contributed by atoms with Gasteiger partial charge in [0.15, 0.2) is 0 Å². The topological polar surface area (TPSA) is 81.2 Å². The van der Waals surface area contributed by atoms with Crippen molar-refractivity contribution < 1.29 is 50.2 Å². The zero-order valence-corrected chi connectivity index (χ0v) is 23.3. The van der Waals surface area contributed by atoms with Gasteiger partial charge in [-0.05, 0) is 63.4 Å². The Hall–Kier alpha value is -3.42. The molecule has 1 aliphatic heterocycles. The van der Waals surface area contributed by atoms with E-state index in [0.717, 1.165) is 11.8 Å². The Morgan fingerprint density at radius 2 is 1.71 bits per heavy atom. The van der Waals surface area contributed by atoms with Gasteiger partial charge in [-0.2, -0.15) is 26.3 Å². The first-order chi connectivity index (χ1) is 19.0. The molecule has 15 heteroatoms. The first-order valence-corrected chi connectivity index (χ1v) is 12.9. The normalized spacial score (nSPS) is 15.7. The van der Waals surface area contributed by atoms with Crippen molar-refractivity contribution in [3.8, 4) is 5.88 Å². The number of nitrogens with zero attached hydrogens (tertiary/aromatic N) is 3. The minimum absolute atomic E-state index is 0.0198. The predicted octanol–water partition coefficient (Wildman–Crippen LogP) is 7.34. The molecule has 1 aromatic carbocycles. The van der Waals surface area contributed by atoms with Crippen molar-refractivity contribution in [1.29, 1.82) is 0 Å². The minimum Gasteiger partial charge on any atom is -0.477 e. The second-order valence-corrected chi connectivity index (χ2v) is 9.85. The molecule has 0 N–H and O–H groups in total. The molecule has 0 spiro atoms. The molecule has 1 aliphatic rings. The maximum atomic E-state index is 13.5. The number of carbonyl (C=O) groups is 2. The number of alkyl halides is 6. The highest BCUT2D eigenvalue weighted by molar-refractivity contribution is 6.32. The van der Waals surface area contributed by atoms with Crippen LogP contribution in [0.5, 0.6) is 5.88 Å². The van der Waals surface area contributed by atoms with Crippen LogP contribution in [0.4, 0.5) is 36.8 Å². The van der Waals surface area contributed by atoms with E-state index in [9.17, 15) is 35.9 Å². The second-order valence-electron chi connectivity index (χ2n) is 9.44. The van der Waals surface area contributed by atoms with E-state index in [1.165, 1.54) is 11.1 Å². The summed E-state index contributed by atoms with van der Waals surface area (Å²) in [6.07, 6.45) is -11.2. The van der Waals surface area contributed by atoms with E-state index in [-0.39, 0.29) is 59.9 Å². The first kappa shape index (κ1) is 32.1. The number of halogens is 7. The quantitative estimate of drug-likeness (QED) is 0.239. The Morgan fingerprint density at radius 3 is 2.22 bits per heavy atom. The molecule has 41 heavy (non-hydrogen) atoms. The van der Waals surface area contributed by atoms with Crippen LogP contribution in [0.25, 0.3) is 0 Å². The first-order valence-electron chi connectivity index (χ1n) is 12.6. The summed E-state index contributed by atoms with van der Waals surface area (Å²) in [5.74, 6) is -0.665. The number of pyridine rings is 1. The number of hydroxylamine groups is 1. The molecule has 0 fully saturated rings. The van der Waals surface area contributed by atoms with Crippen molar-refractivity contribution in [2.45, 2.75) is 71.6 Å². The molecule has 1 amide bonds. The number of carbonyl (C=O) groups excluding carboxylic acids is 2. The number of rotatable bonds is 7. The van der Waals surface area contributed by atoms with Gasteiger partial charge in [-0.15, -0.1) is 0 Å². The van der Waals surface area contributed by atoms with Crippen LogP contribution in [0.1, 0.15) is 69.0 Å². The fourth-order valence-electron chi connectivity index (χ4n) is 4.29. The zero-order valence-electron chi connectivity index (χ0n) is 22.5. The lowest BCUT2D eigenvalue weighted by Gasteiger charge is -2.32. The van der Waals surface area contributed by atoms with Crippen LogP contribution in [0, 0.1) is 0 Å². The number of benzene rings is 1. The summed E-state index contributed by atoms with van der Waals surface area (Å²) < 4.78 is 91.4. The SMILES string of the molecule is CCOc1nc2c(cc1Cl)N(OC(=O)OC(C)C)CCCC2N(Cc1cc(C(F)(F)F)cc(C(F)(F)F)c1)C(C)=O. The fourth-order valence-corrected chi connectivity index (χ4v) is 4.49. The Morgan fingerprint density at radius 1 is 1.10 bits per heavy atom. The molecular weight excluding hydrogens is 584 g/mol. The van der Waals surface area contributed by atoms with Gasteiger partial charge in [0, 0.05) is 13.5 Å². The number of ether oxygens (including phenoxy) is 2. The lowest BCUT2D eigenvalue weighted by molar-refractivity contribution is -0.143. The van der Waals surface area contributed by atoms with Crippen LogP contribution in [0.15, 0.2) is 24.3 Å². The van der Waals surface area contributed by atoms with E-state index in [0.29, 0.717) is 12.1 Å². The van der Waals surface area contributed by atoms with Gasteiger partial charge in [0.05, 0.1) is 42.1 Å². The van der Waals surface area contributed by atoms with E-state index < -0.39 is 54.2 Å². The van der Waals surface area contributed by atoms with Crippen molar-refractivity contribution in [2.75, 3.05) is 18.2 Å². The molecule has 1 unspecified atom stereocenters. The molecule has 0 bridgehead atoms. The minimum atomic E-state index is -5.06. The molecular formula is C26H28ClF6N3O5. The standard InChI is InChI=1S/C26H28ClF6N3O5/c1-5-39-23-19(27)12-21-22(34-23)20(7-6-8-36(21)41-24(38)40-14(2)3)35(15(4)37)13-16-9-17(25(28,29)30)11-18(10-16)26(31,32)33/h9-12,14,20H,5-8,13H2,1-4H3. The molecule has 0 radical (unpaired) electrons. The van der Waals surface area contributed by atoms with E-state index in [1.807, 2.05) is 0 Å². The lowest BCUT2D eigenvalue weighted by atomic mass is 10.0. The van der Waals surface area contributed by atoms with E-state index in [1.54, 1.807) is 20.8 Å². The van der Waals surface area contributed by atoms with E-state index in [2.05, 4.69) is 4.98 Å². The number of amides is 1. The highest BCUT2D eigenvalue weighted by Gasteiger charge is 2.38. The highest BCUT2D eigenvalue weighted by atomic mass is 35.5. The van der Waals surface area contributed by atoms with Crippen LogP contribution in [-0.4, -0.2) is 41.2 Å². The van der Waals surface area contributed by atoms with Crippen molar-refractivity contribution in [3.05, 3.63) is 51.7 Å². The largest absolute Gasteiger partial charge is 0.533 e. The summed E-state index contributed by atoms with van der Waals surface area (Å²) in [5.41, 5.74) is -3.13. The average Bonchev–Trinajstić information content (AvgIpc) is 3.00. The molecule has 1 aromatic heterocycles. The van der Waals surface area contributed by atoms with Crippen molar-refractivity contribution in [2.24, 2.45) is 0 Å². The van der Waals surface area contributed by atoms with Gasteiger partial charge in [0.2, 0.25) is 11.8 Å². The van der Waals surface area contributed by atoms with Gasteiger partial charge in [0.1, 0.15) is 10.7 Å². The van der Waals surface area contributed by atoms with E-state index in [4.69, 9.17) is 25.9 Å². The molecule has 0 aliphatic carbocycles. The van der Waals surface area contributed by atoms with Crippen LogP contribution in [0.2, 0.25) is 5.02 Å². The van der Waals surface area contributed by atoms with Gasteiger partial charge in [-0.1, -0.05) is 11.6 Å². The molecule has 2 aromatic rings. The van der Waals surface area contributed by atoms with Gasteiger partial charge in [0.25, 0.3) is 0 Å². The van der Waals surface area contributed by atoms with Gasteiger partial charge < -0.3 is 19.2 Å². The summed E-state index contributed by atoms with van der Waals surface area (Å²) in [5, 5.41) is 1.21. The number of fused-ring (bicyclic) bond motifs is 1. The number of hydrogen-bond donors (Lipinski definition) is 0. The molecule has 2 heterocycles. The summed E-state index contributed by atoms with van der Waals surface area (Å²) >= 11 is 6.34. The van der Waals surface area contributed by atoms with Crippen LogP contribution in [-0.2, 0) is 33.3 Å². The molecule has 8 nitrogen and oxygen atoms in total.